The van der Waals surface area contributed by atoms with Gasteiger partial charge in [-0.2, -0.15) is 0 Å². The molecule has 1 heterocycles. The van der Waals surface area contributed by atoms with Crippen LogP contribution in [0.25, 0.3) is 0 Å². The van der Waals surface area contributed by atoms with E-state index in [2.05, 4.69) is 20.9 Å². The van der Waals surface area contributed by atoms with Gasteiger partial charge in [-0.05, 0) is 25.1 Å². The van der Waals surface area contributed by atoms with Crippen LogP contribution in [0.2, 0.25) is 0 Å². The Kier molecular flexibility index (Phi) is 4.14. The molecule has 0 fully saturated rings. The average molecular weight is 313 g/mol. The summed E-state index contributed by atoms with van der Waals surface area (Å²) in [6.07, 6.45) is 2.94. The highest BCUT2D eigenvalue weighted by Gasteiger charge is 2.16. The number of aliphatic hydroxyl groups is 1. The van der Waals surface area contributed by atoms with E-state index in [1.54, 1.807) is 18.3 Å². The second-order valence-electron chi connectivity index (χ2n) is 4.02. The van der Waals surface area contributed by atoms with Crippen molar-refractivity contribution in [3.05, 3.63) is 52.3 Å². The maximum absolute atomic E-state index is 13.6. The van der Waals surface area contributed by atoms with Gasteiger partial charge in [0.1, 0.15) is 11.6 Å². The molecule has 1 unspecified atom stereocenters. The van der Waals surface area contributed by atoms with Crippen molar-refractivity contribution in [3.63, 3.8) is 0 Å². The smallest absolute Gasteiger partial charge is 0.129 e. The van der Waals surface area contributed by atoms with E-state index in [-0.39, 0.29) is 5.56 Å². The van der Waals surface area contributed by atoms with Crippen LogP contribution in [0.1, 0.15) is 24.4 Å². The van der Waals surface area contributed by atoms with Crippen LogP contribution < -0.4 is 0 Å². The first kappa shape index (κ1) is 13.2. The van der Waals surface area contributed by atoms with Crippen molar-refractivity contribution in [2.45, 2.75) is 26.0 Å². The number of hydrogen-bond donors (Lipinski definition) is 1. The van der Waals surface area contributed by atoms with Crippen molar-refractivity contribution in [1.82, 2.24) is 9.55 Å². The fourth-order valence-electron chi connectivity index (χ4n) is 1.87. The lowest BCUT2D eigenvalue weighted by molar-refractivity contribution is 0.169. The molecule has 18 heavy (non-hydrogen) atoms. The molecule has 0 aliphatic heterocycles. The molecule has 0 aliphatic rings. The maximum atomic E-state index is 13.6. The lowest BCUT2D eigenvalue weighted by Crippen LogP contribution is -2.09. The van der Waals surface area contributed by atoms with Crippen molar-refractivity contribution < 1.29 is 9.50 Å². The molecule has 0 radical (unpaired) electrons. The zero-order chi connectivity index (χ0) is 13.1. The molecule has 2 rings (SSSR count). The van der Waals surface area contributed by atoms with Gasteiger partial charge in [0.25, 0.3) is 0 Å². The molecule has 1 atom stereocenters. The summed E-state index contributed by atoms with van der Waals surface area (Å²) in [5, 5.41) is 10.1. The average Bonchev–Trinajstić information content (AvgIpc) is 2.79. The summed E-state index contributed by atoms with van der Waals surface area (Å²) in [7, 11) is 0. The summed E-state index contributed by atoms with van der Waals surface area (Å²) < 4.78 is 16.3. The largest absolute Gasteiger partial charge is 0.388 e. The Morgan fingerprint density at radius 3 is 3.00 bits per heavy atom. The Morgan fingerprint density at radius 2 is 2.28 bits per heavy atom. The van der Waals surface area contributed by atoms with E-state index in [1.165, 1.54) is 6.07 Å². The quantitative estimate of drug-likeness (QED) is 0.942. The molecular weight excluding hydrogens is 299 g/mol. The molecule has 0 saturated carbocycles. The van der Waals surface area contributed by atoms with E-state index < -0.39 is 11.9 Å². The van der Waals surface area contributed by atoms with Crippen molar-refractivity contribution in [2.24, 2.45) is 0 Å². The standard InChI is InChI=1S/C13H14BrFN2O/c1-2-17-6-5-16-13(17)8-12(18)10-7-9(14)3-4-11(10)15/h3-7,12,18H,2,8H2,1H3. The van der Waals surface area contributed by atoms with Crippen LogP contribution in [0.4, 0.5) is 4.39 Å². The summed E-state index contributed by atoms with van der Waals surface area (Å²) in [5.41, 5.74) is 0.287. The third kappa shape index (κ3) is 2.79. The fourth-order valence-corrected chi connectivity index (χ4v) is 2.25. The van der Waals surface area contributed by atoms with Crippen LogP contribution in [0.5, 0.6) is 0 Å². The Hall–Kier alpha value is -1.20. The number of aryl methyl sites for hydroxylation is 1. The second-order valence-corrected chi connectivity index (χ2v) is 4.93. The lowest BCUT2D eigenvalue weighted by Gasteiger charge is -2.13. The van der Waals surface area contributed by atoms with Crippen LogP contribution in [-0.4, -0.2) is 14.7 Å². The van der Waals surface area contributed by atoms with E-state index in [1.807, 2.05) is 17.7 Å². The molecule has 0 aliphatic carbocycles. The Labute approximate surface area is 113 Å². The maximum Gasteiger partial charge on any atom is 0.129 e. The van der Waals surface area contributed by atoms with Gasteiger partial charge in [-0.15, -0.1) is 0 Å². The number of aromatic nitrogens is 2. The molecule has 3 nitrogen and oxygen atoms in total. The topological polar surface area (TPSA) is 38.0 Å². The van der Waals surface area contributed by atoms with Crippen molar-refractivity contribution >= 4 is 15.9 Å². The third-order valence-corrected chi connectivity index (χ3v) is 3.33. The first-order valence-corrected chi connectivity index (χ1v) is 6.54. The Bertz CT molecular complexity index is 542. The number of aliphatic hydroxyl groups excluding tert-OH is 1. The van der Waals surface area contributed by atoms with Crippen LogP contribution in [0, 0.1) is 5.82 Å². The Balaban J connectivity index is 2.21. The highest BCUT2D eigenvalue weighted by atomic mass is 79.9. The molecule has 0 saturated heterocycles. The number of imidazole rings is 1. The molecule has 1 aromatic heterocycles. The van der Waals surface area contributed by atoms with E-state index in [9.17, 15) is 9.50 Å². The van der Waals surface area contributed by atoms with Gasteiger partial charge in [0, 0.05) is 35.4 Å². The molecule has 1 N–H and O–H groups in total. The highest BCUT2D eigenvalue weighted by Crippen LogP contribution is 2.24. The van der Waals surface area contributed by atoms with Crippen LogP contribution in [0.3, 0.4) is 0 Å². The van der Waals surface area contributed by atoms with Crippen LogP contribution >= 0.6 is 15.9 Å². The summed E-state index contributed by atoms with van der Waals surface area (Å²) in [6, 6.07) is 4.55. The van der Waals surface area contributed by atoms with Gasteiger partial charge in [-0.3, -0.25) is 0 Å². The SMILES string of the molecule is CCn1ccnc1CC(O)c1cc(Br)ccc1F. The van der Waals surface area contributed by atoms with Crippen molar-refractivity contribution in [2.75, 3.05) is 0 Å². The van der Waals surface area contributed by atoms with Gasteiger partial charge >= 0.3 is 0 Å². The molecular formula is C13H14BrFN2O. The Morgan fingerprint density at radius 1 is 1.50 bits per heavy atom. The zero-order valence-electron chi connectivity index (χ0n) is 9.98. The number of benzene rings is 1. The second kappa shape index (κ2) is 5.63. The monoisotopic (exact) mass is 312 g/mol. The molecule has 2 aromatic rings. The number of hydrogen-bond acceptors (Lipinski definition) is 2. The predicted molar refractivity (Wildman–Crippen MR) is 70.7 cm³/mol. The van der Waals surface area contributed by atoms with Crippen molar-refractivity contribution in [3.8, 4) is 0 Å². The zero-order valence-corrected chi connectivity index (χ0v) is 11.6. The third-order valence-electron chi connectivity index (χ3n) is 2.84. The molecule has 1 aromatic carbocycles. The highest BCUT2D eigenvalue weighted by molar-refractivity contribution is 9.10. The molecule has 96 valence electrons. The summed E-state index contributed by atoms with van der Waals surface area (Å²) in [5.74, 6) is 0.352. The minimum atomic E-state index is -0.893. The molecule has 0 amide bonds. The number of halogens is 2. The number of nitrogens with zero attached hydrogens (tertiary/aromatic N) is 2. The minimum Gasteiger partial charge on any atom is -0.388 e. The van der Waals surface area contributed by atoms with Gasteiger partial charge in [-0.25, -0.2) is 9.37 Å². The van der Waals surface area contributed by atoms with Crippen molar-refractivity contribution in [1.29, 1.82) is 0 Å². The molecule has 0 spiro atoms. The van der Waals surface area contributed by atoms with E-state index in [0.717, 1.165) is 16.8 Å². The summed E-state index contributed by atoms with van der Waals surface area (Å²) >= 11 is 3.27. The van der Waals surface area contributed by atoms with Gasteiger partial charge in [-0.1, -0.05) is 15.9 Å². The first-order valence-electron chi connectivity index (χ1n) is 5.74. The van der Waals surface area contributed by atoms with Gasteiger partial charge in [0.15, 0.2) is 0 Å². The summed E-state index contributed by atoms with van der Waals surface area (Å²) in [6.45, 7) is 2.78. The fraction of sp³-hybridized carbons (Fsp3) is 0.308. The predicted octanol–water partition coefficient (Wildman–Crippen LogP) is 3.08. The molecule has 0 bridgehead atoms. The van der Waals surface area contributed by atoms with E-state index in [4.69, 9.17) is 0 Å². The van der Waals surface area contributed by atoms with E-state index in [0.29, 0.717) is 6.42 Å². The number of rotatable bonds is 4. The van der Waals surface area contributed by atoms with Gasteiger partial charge < -0.3 is 9.67 Å². The minimum absolute atomic E-state index is 0.287. The van der Waals surface area contributed by atoms with Gasteiger partial charge in [0.2, 0.25) is 0 Å². The first-order chi connectivity index (χ1) is 8.61. The summed E-state index contributed by atoms with van der Waals surface area (Å²) in [4.78, 5) is 4.17. The van der Waals surface area contributed by atoms with Crippen LogP contribution in [0.15, 0.2) is 35.1 Å². The van der Waals surface area contributed by atoms with Gasteiger partial charge in [0.05, 0.1) is 6.10 Å². The molecule has 5 heteroatoms. The lowest BCUT2D eigenvalue weighted by atomic mass is 10.1. The van der Waals surface area contributed by atoms with E-state index >= 15 is 0 Å². The normalized spacial score (nSPS) is 12.7. The van der Waals surface area contributed by atoms with Crippen LogP contribution in [-0.2, 0) is 13.0 Å².